The third-order valence-corrected chi connectivity index (χ3v) is 4.17. The van der Waals surface area contributed by atoms with Crippen molar-refractivity contribution < 1.29 is 14.7 Å². The highest BCUT2D eigenvalue weighted by atomic mass is 16.4. The van der Waals surface area contributed by atoms with Crippen LogP contribution in [0.1, 0.15) is 36.8 Å². The molecule has 0 heterocycles. The van der Waals surface area contributed by atoms with Crippen molar-refractivity contribution in [1.82, 2.24) is 0 Å². The third kappa shape index (κ3) is 3.38. The number of aryl methyl sites for hydroxylation is 2. The van der Waals surface area contributed by atoms with Gasteiger partial charge in [-0.05, 0) is 56.4 Å². The molecule has 108 valence electrons. The zero-order chi connectivity index (χ0) is 14.7. The van der Waals surface area contributed by atoms with Gasteiger partial charge in [-0.2, -0.15) is 0 Å². The minimum absolute atomic E-state index is 0.0563. The van der Waals surface area contributed by atoms with E-state index in [1.54, 1.807) is 0 Å². The van der Waals surface area contributed by atoms with Crippen LogP contribution in [0.15, 0.2) is 18.2 Å². The smallest absolute Gasteiger partial charge is 0.306 e. The van der Waals surface area contributed by atoms with E-state index in [-0.39, 0.29) is 17.7 Å². The van der Waals surface area contributed by atoms with Crippen molar-refractivity contribution in [1.29, 1.82) is 0 Å². The van der Waals surface area contributed by atoms with E-state index in [1.165, 1.54) is 5.56 Å². The molecule has 1 amide bonds. The second-order valence-electron chi connectivity index (χ2n) is 5.69. The number of aliphatic carboxylic acids is 1. The van der Waals surface area contributed by atoms with Crippen LogP contribution < -0.4 is 5.32 Å². The van der Waals surface area contributed by atoms with Crippen LogP contribution in [0, 0.1) is 25.7 Å². The molecule has 0 saturated heterocycles. The summed E-state index contributed by atoms with van der Waals surface area (Å²) >= 11 is 0. The quantitative estimate of drug-likeness (QED) is 0.890. The minimum Gasteiger partial charge on any atom is -0.481 e. The van der Waals surface area contributed by atoms with Crippen molar-refractivity contribution in [3.8, 4) is 0 Å². The largest absolute Gasteiger partial charge is 0.481 e. The van der Waals surface area contributed by atoms with Gasteiger partial charge in [0, 0.05) is 11.6 Å². The molecule has 4 heteroatoms. The van der Waals surface area contributed by atoms with Crippen molar-refractivity contribution in [3.63, 3.8) is 0 Å². The molecule has 1 aromatic rings. The van der Waals surface area contributed by atoms with Gasteiger partial charge in [0.15, 0.2) is 0 Å². The third-order valence-electron chi connectivity index (χ3n) is 4.17. The summed E-state index contributed by atoms with van der Waals surface area (Å²) in [5.41, 5.74) is 3.11. The number of rotatable bonds is 3. The van der Waals surface area contributed by atoms with E-state index in [0.29, 0.717) is 12.8 Å². The maximum absolute atomic E-state index is 12.2. The van der Waals surface area contributed by atoms with E-state index in [4.69, 9.17) is 5.11 Å². The molecule has 2 unspecified atom stereocenters. The normalized spacial score (nSPS) is 22.3. The van der Waals surface area contributed by atoms with E-state index >= 15 is 0 Å². The molecule has 1 aromatic carbocycles. The number of carbonyl (C=O) groups is 2. The molecule has 0 aliphatic heterocycles. The summed E-state index contributed by atoms with van der Waals surface area (Å²) in [6.07, 6.45) is 2.72. The Labute approximate surface area is 119 Å². The summed E-state index contributed by atoms with van der Waals surface area (Å²) in [7, 11) is 0. The Kier molecular flexibility index (Phi) is 4.42. The lowest BCUT2D eigenvalue weighted by Crippen LogP contribution is -2.30. The summed E-state index contributed by atoms with van der Waals surface area (Å²) < 4.78 is 0. The number of carboxylic acid groups (broad SMARTS) is 1. The van der Waals surface area contributed by atoms with E-state index < -0.39 is 5.97 Å². The van der Waals surface area contributed by atoms with Gasteiger partial charge in [0.05, 0.1) is 5.92 Å². The Hall–Kier alpha value is -1.84. The number of benzene rings is 1. The van der Waals surface area contributed by atoms with E-state index in [9.17, 15) is 9.59 Å². The lowest BCUT2D eigenvalue weighted by atomic mass is 9.81. The van der Waals surface area contributed by atoms with Crippen LogP contribution in [0.3, 0.4) is 0 Å². The zero-order valence-electron chi connectivity index (χ0n) is 12.0. The van der Waals surface area contributed by atoms with Crippen molar-refractivity contribution in [2.24, 2.45) is 11.8 Å². The molecule has 0 radical (unpaired) electrons. The number of hydrogen-bond donors (Lipinski definition) is 2. The average molecular weight is 275 g/mol. The first-order chi connectivity index (χ1) is 9.47. The van der Waals surface area contributed by atoms with Crippen molar-refractivity contribution in [3.05, 3.63) is 29.3 Å². The van der Waals surface area contributed by atoms with Gasteiger partial charge in [0.25, 0.3) is 0 Å². The van der Waals surface area contributed by atoms with E-state index in [2.05, 4.69) is 5.32 Å². The summed E-state index contributed by atoms with van der Waals surface area (Å²) in [5.74, 6) is -1.40. The second-order valence-corrected chi connectivity index (χ2v) is 5.69. The molecule has 0 bridgehead atoms. The predicted octanol–water partition coefficient (Wildman–Crippen LogP) is 3.13. The Bertz CT molecular complexity index is 524. The standard InChI is InChI=1S/C16H21NO3/c1-10-6-7-14(8-11(10)2)17-15(18)12-4-3-5-13(9-12)16(19)20/h6-8,12-13H,3-5,9H2,1-2H3,(H,17,18)(H,19,20). The molecule has 0 aromatic heterocycles. The summed E-state index contributed by atoms with van der Waals surface area (Å²) in [4.78, 5) is 23.3. The fourth-order valence-electron chi connectivity index (χ4n) is 2.72. The molecule has 4 nitrogen and oxygen atoms in total. The van der Waals surface area contributed by atoms with Crippen LogP contribution in [-0.4, -0.2) is 17.0 Å². The lowest BCUT2D eigenvalue weighted by Gasteiger charge is -2.25. The summed E-state index contributed by atoms with van der Waals surface area (Å²) in [5, 5.41) is 12.0. The van der Waals surface area contributed by atoms with Gasteiger partial charge in [-0.1, -0.05) is 12.5 Å². The maximum atomic E-state index is 12.2. The van der Waals surface area contributed by atoms with Crippen LogP contribution in [0.4, 0.5) is 5.69 Å². The first-order valence-corrected chi connectivity index (χ1v) is 7.08. The molecule has 2 atom stereocenters. The van der Waals surface area contributed by atoms with Gasteiger partial charge in [0.2, 0.25) is 5.91 Å². The Morgan fingerprint density at radius 1 is 1.15 bits per heavy atom. The number of amides is 1. The number of carboxylic acids is 1. The van der Waals surface area contributed by atoms with Gasteiger partial charge < -0.3 is 10.4 Å². The molecule has 2 N–H and O–H groups in total. The molecule has 2 rings (SSSR count). The highest BCUT2D eigenvalue weighted by molar-refractivity contribution is 5.93. The van der Waals surface area contributed by atoms with E-state index in [1.807, 2.05) is 32.0 Å². The van der Waals surface area contributed by atoms with Gasteiger partial charge in [0.1, 0.15) is 0 Å². The molecule has 20 heavy (non-hydrogen) atoms. The van der Waals surface area contributed by atoms with Crippen LogP contribution in [0.5, 0.6) is 0 Å². The second kappa shape index (κ2) is 6.07. The van der Waals surface area contributed by atoms with Gasteiger partial charge >= 0.3 is 5.97 Å². The van der Waals surface area contributed by atoms with Gasteiger partial charge in [-0.3, -0.25) is 9.59 Å². The molecule has 0 spiro atoms. The Morgan fingerprint density at radius 2 is 1.85 bits per heavy atom. The SMILES string of the molecule is Cc1ccc(NC(=O)C2CCCC(C(=O)O)C2)cc1C. The zero-order valence-corrected chi connectivity index (χ0v) is 12.0. The number of carbonyl (C=O) groups excluding carboxylic acids is 1. The molecule has 1 aliphatic rings. The van der Waals surface area contributed by atoms with Crippen LogP contribution in [-0.2, 0) is 9.59 Å². The number of nitrogens with one attached hydrogen (secondary N) is 1. The molecular weight excluding hydrogens is 254 g/mol. The van der Waals surface area contributed by atoms with Crippen LogP contribution in [0.25, 0.3) is 0 Å². The highest BCUT2D eigenvalue weighted by Gasteiger charge is 2.30. The number of anilines is 1. The molecule has 1 fully saturated rings. The molecule has 1 saturated carbocycles. The van der Waals surface area contributed by atoms with Crippen molar-refractivity contribution in [2.75, 3.05) is 5.32 Å². The topological polar surface area (TPSA) is 66.4 Å². The summed E-state index contributed by atoms with van der Waals surface area (Å²) in [6, 6.07) is 5.81. The molecule has 1 aliphatic carbocycles. The average Bonchev–Trinajstić information content (AvgIpc) is 2.43. The summed E-state index contributed by atoms with van der Waals surface area (Å²) in [6.45, 7) is 4.03. The van der Waals surface area contributed by atoms with Crippen molar-refractivity contribution in [2.45, 2.75) is 39.5 Å². The fraction of sp³-hybridized carbons (Fsp3) is 0.500. The minimum atomic E-state index is -0.784. The predicted molar refractivity (Wildman–Crippen MR) is 77.6 cm³/mol. The van der Waals surface area contributed by atoms with Gasteiger partial charge in [-0.25, -0.2) is 0 Å². The number of hydrogen-bond acceptors (Lipinski definition) is 2. The van der Waals surface area contributed by atoms with E-state index in [0.717, 1.165) is 24.1 Å². The maximum Gasteiger partial charge on any atom is 0.306 e. The Balaban J connectivity index is 2.00. The Morgan fingerprint density at radius 3 is 2.50 bits per heavy atom. The van der Waals surface area contributed by atoms with Crippen molar-refractivity contribution >= 4 is 17.6 Å². The van der Waals surface area contributed by atoms with Gasteiger partial charge in [-0.15, -0.1) is 0 Å². The monoisotopic (exact) mass is 275 g/mol. The van der Waals surface area contributed by atoms with Crippen LogP contribution >= 0.6 is 0 Å². The first kappa shape index (κ1) is 14.6. The molecular formula is C16H21NO3. The lowest BCUT2D eigenvalue weighted by molar-refractivity contribution is -0.143. The highest BCUT2D eigenvalue weighted by Crippen LogP contribution is 2.30. The fourth-order valence-corrected chi connectivity index (χ4v) is 2.72. The first-order valence-electron chi connectivity index (χ1n) is 7.08. The van der Waals surface area contributed by atoms with Crippen LogP contribution in [0.2, 0.25) is 0 Å².